The van der Waals surface area contributed by atoms with E-state index in [0.29, 0.717) is 11.5 Å². The highest BCUT2D eigenvalue weighted by atomic mass is 35.5. The lowest BCUT2D eigenvalue weighted by molar-refractivity contribution is -0.312. The summed E-state index contributed by atoms with van der Waals surface area (Å²) < 4.78 is 49.4. The monoisotopic (exact) mass is 443 g/mol. The van der Waals surface area contributed by atoms with Gasteiger partial charge in [0.15, 0.2) is 5.75 Å². The lowest BCUT2D eigenvalue weighted by Gasteiger charge is -2.16. The second-order valence-corrected chi connectivity index (χ2v) is 6.93. The Labute approximate surface area is 173 Å². The van der Waals surface area contributed by atoms with Crippen molar-refractivity contribution < 1.29 is 32.5 Å². The first-order chi connectivity index (χ1) is 13.5. The number of hydrogen-bond acceptors (Lipinski definition) is 4. The van der Waals surface area contributed by atoms with E-state index in [4.69, 9.17) is 32.7 Å². The molecule has 0 heterocycles. The van der Waals surface area contributed by atoms with Gasteiger partial charge in [0.2, 0.25) is 0 Å². The largest absolute Gasteiger partial charge is 0.546 e. The minimum atomic E-state index is -4.58. The average Bonchev–Trinajstić information content (AvgIpc) is 2.63. The third kappa shape index (κ3) is 4.86. The van der Waals surface area contributed by atoms with Gasteiger partial charge in [-0.15, -0.1) is 0 Å². The van der Waals surface area contributed by atoms with Gasteiger partial charge in [-0.25, -0.2) is 0 Å². The number of carboxylic acid groups (broad SMARTS) is 1. The van der Waals surface area contributed by atoms with Crippen LogP contribution in [0.4, 0.5) is 13.2 Å². The molecule has 0 aliphatic carbocycles. The van der Waals surface area contributed by atoms with E-state index < -0.39 is 23.8 Å². The van der Waals surface area contributed by atoms with Crippen LogP contribution in [0.15, 0.2) is 48.5 Å². The molecule has 0 saturated carbocycles. The van der Waals surface area contributed by atoms with Crippen molar-refractivity contribution in [3.05, 3.63) is 64.1 Å². The first kappa shape index (κ1) is 21.1. The Morgan fingerprint density at radius 1 is 0.966 bits per heavy atom. The summed E-state index contributed by atoms with van der Waals surface area (Å²) in [6, 6.07) is 11.2. The highest BCUT2D eigenvalue weighted by molar-refractivity contribution is 6.37. The highest BCUT2D eigenvalue weighted by Gasteiger charge is 2.32. The maximum atomic E-state index is 12.8. The number of fused-ring (bicyclic) bond motifs is 1. The molecule has 0 aliphatic rings. The zero-order valence-corrected chi connectivity index (χ0v) is 16.2. The number of benzene rings is 3. The zero-order chi connectivity index (χ0) is 21.3. The van der Waals surface area contributed by atoms with Crippen molar-refractivity contribution in [1.29, 1.82) is 0 Å². The van der Waals surface area contributed by atoms with Crippen LogP contribution in [0.5, 0.6) is 17.2 Å². The van der Waals surface area contributed by atoms with Crippen LogP contribution in [0.2, 0.25) is 10.0 Å². The fraction of sp³-hybridized carbons (Fsp3) is 0.150. The van der Waals surface area contributed by atoms with E-state index in [1.54, 1.807) is 36.4 Å². The summed E-state index contributed by atoms with van der Waals surface area (Å²) in [7, 11) is 0. The molecule has 3 aromatic rings. The molecular formula is C20H12Cl2F3O4-. The van der Waals surface area contributed by atoms with Crippen LogP contribution in [-0.2, 0) is 11.0 Å². The van der Waals surface area contributed by atoms with E-state index in [2.05, 4.69) is 0 Å². The van der Waals surface area contributed by atoms with E-state index in [1.165, 1.54) is 6.92 Å². The average molecular weight is 444 g/mol. The Bertz CT molecular complexity index is 1060. The molecule has 0 amide bonds. The van der Waals surface area contributed by atoms with Gasteiger partial charge in [-0.3, -0.25) is 0 Å². The standard InChI is InChI=1S/C20H13Cl2F3O4/c1-10(19(26)27)28-14-4-2-12-7-15(5-3-11(12)6-14)29-18-16(21)8-13(9-17(18)22)20(23,24)25/h2-10H,1H3,(H,26,27)/p-1. The molecule has 0 aliphatic heterocycles. The molecule has 9 heteroatoms. The number of aliphatic carboxylic acids is 1. The van der Waals surface area contributed by atoms with Gasteiger partial charge in [0, 0.05) is 0 Å². The third-order valence-corrected chi connectivity index (χ3v) is 4.53. The normalized spacial score (nSPS) is 12.6. The molecule has 1 unspecified atom stereocenters. The van der Waals surface area contributed by atoms with Crippen molar-refractivity contribution in [1.82, 2.24) is 0 Å². The maximum absolute atomic E-state index is 12.8. The summed E-state index contributed by atoms with van der Waals surface area (Å²) >= 11 is 11.8. The molecule has 0 radical (unpaired) electrons. The number of halogens is 5. The first-order valence-electron chi connectivity index (χ1n) is 8.20. The first-order valence-corrected chi connectivity index (χ1v) is 8.95. The second-order valence-electron chi connectivity index (χ2n) is 6.12. The molecule has 0 saturated heterocycles. The number of hydrogen-bond donors (Lipinski definition) is 0. The van der Waals surface area contributed by atoms with Crippen molar-refractivity contribution in [2.75, 3.05) is 0 Å². The topological polar surface area (TPSA) is 58.6 Å². The Hall–Kier alpha value is -2.64. The van der Waals surface area contributed by atoms with Gasteiger partial charge in [-0.1, -0.05) is 35.3 Å². The molecule has 1 atom stereocenters. The predicted octanol–water partition coefficient (Wildman–Crippen LogP) is 5.47. The van der Waals surface area contributed by atoms with E-state index in [-0.39, 0.29) is 15.8 Å². The molecule has 0 N–H and O–H groups in total. The van der Waals surface area contributed by atoms with Gasteiger partial charge in [0.05, 0.1) is 21.6 Å². The van der Waals surface area contributed by atoms with Crippen LogP contribution in [0, 0.1) is 0 Å². The fourth-order valence-corrected chi connectivity index (χ4v) is 3.09. The van der Waals surface area contributed by atoms with Crippen LogP contribution in [0.25, 0.3) is 10.8 Å². The second kappa shape index (κ2) is 8.00. The molecule has 0 spiro atoms. The van der Waals surface area contributed by atoms with Crippen molar-refractivity contribution in [3.8, 4) is 17.2 Å². The number of ether oxygens (including phenoxy) is 2. The Morgan fingerprint density at radius 2 is 1.48 bits per heavy atom. The molecule has 152 valence electrons. The minimum absolute atomic E-state index is 0.0941. The number of rotatable bonds is 5. The quantitative estimate of drug-likeness (QED) is 0.524. The van der Waals surface area contributed by atoms with Crippen LogP contribution < -0.4 is 14.6 Å². The number of alkyl halides is 3. The third-order valence-electron chi connectivity index (χ3n) is 3.97. The zero-order valence-electron chi connectivity index (χ0n) is 14.7. The SMILES string of the molecule is CC(Oc1ccc2cc(Oc3c(Cl)cc(C(F)(F)F)cc3Cl)ccc2c1)C(=O)[O-]. The number of carboxylic acids is 1. The van der Waals surface area contributed by atoms with Crippen LogP contribution in [-0.4, -0.2) is 12.1 Å². The number of carbonyl (C=O) groups excluding carboxylic acids is 1. The minimum Gasteiger partial charge on any atom is -0.546 e. The molecular weight excluding hydrogens is 432 g/mol. The van der Waals surface area contributed by atoms with E-state index in [9.17, 15) is 23.1 Å². The number of carbonyl (C=O) groups is 1. The Kier molecular flexibility index (Phi) is 5.82. The van der Waals surface area contributed by atoms with E-state index in [0.717, 1.165) is 22.9 Å². The predicted molar refractivity (Wildman–Crippen MR) is 101 cm³/mol. The molecule has 29 heavy (non-hydrogen) atoms. The maximum Gasteiger partial charge on any atom is 0.416 e. The Morgan fingerprint density at radius 3 is 2.00 bits per heavy atom. The summed E-state index contributed by atoms with van der Waals surface area (Å²) in [6.45, 7) is 1.36. The molecule has 4 nitrogen and oxygen atoms in total. The summed E-state index contributed by atoms with van der Waals surface area (Å²) in [4.78, 5) is 10.8. The van der Waals surface area contributed by atoms with Gasteiger partial charge < -0.3 is 19.4 Å². The summed E-state index contributed by atoms with van der Waals surface area (Å²) in [5.74, 6) is -0.780. The van der Waals surface area contributed by atoms with Gasteiger partial charge in [-0.2, -0.15) is 13.2 Å². The summed E-state index contributed by atoms with van der Waals surface area (Å²) in [5, 5.41) is 11.7. The lowest BCUT2D eigenvalue weighted by atomic mass is 10.1. The molecule has 3 aromatic carbocycles. The summed E-state index contributed by atoms with van der Waals surface area (Å²) in [6.07, 6.45) is -5.69. The van der Waals surface area contributed by atoms with Crippen molar-refractivity contribution in [3.63, 3.8) is 0 Å². The van der Waals surface area contributed by atoms with Gasteiger partial charge >= 0.3 is 6.18 Å². The molecule has 0 bridgehead atoms. The fourth-order valence-electron chi connectivity index (χ4n) is 2.53. The van der Waals surface area contributed by atoms with Crippen molar-refractivity contribution in [2.45, 2.75) is 19.2 Å². The lowest BCUT2D eigenvalue weighted by Crippen LogP contribution is -2.37. The molecule has 0 fully saturated rings. The van der Waals surface area contributed by atoms with Crippen LogP contribution in [0.3, 0.4) is 0 Å². The van der Waals surface area contributed by atoms with E-state index >= 15 is 0 Å². The van der Waals surface area contributed by atoms with Crippen molar-refractivity contribution in [2.24, 2.45) is 0 Å². The van der Waals surface area contributed by atoms with Crippen LogP contribution in [0.1, 0.15) is 12.5 Å². The molecule has 0 aromatic heterocycles. The Balaban J connectivity index is 1.87. The molecule has 3 rings (SSSR count). The van der Waals surface area contributed by atoms with Crippen LogP contribution >= 0.6 is 23.2 Å². The van der Waals surface area contributed by atoms with Gasteiger partial charge in [0.25, 0.3) is 0 Å². The van der Waals surface area contributed by atoms with Gasteiger partial charge in [0.1, 0.15) is 17.6 Å². The summed E-state index contributed by atoms with van der Waals surface area (Å²) in [5.41, 5.74) is -0.975. The van der Waals surface area contributed by atoms with E-state index in [1.807, 2.05) is 0 Å². The van der Waals surface area contributed by atoms with Gasteiger partial charge in [-0.05, 0) is 54.1 Å². The highest BCUT2D eigenvalue weighted by Crippen LogP contribution is 2.42. The smallest absolute Gasteiger partial charge is 0.416 e. The van der Waals surface area contributed by atoms with Crippen molar-refractivity contribution >= 4 is 39.9 Å².